The summed E-state index contributed by atoms with van der Waals surface area (Å²) in [5, 5.41) is 3.13. The Hall–Kier alpha value is -2.57. The van der Waals surface area contributed by atoms with Gasteiger partial charge in [-0.25, -0.2) is 0 Å². The van der Waals surface area contributed by atoms with Gasteiger partial charge in [0.15, 0.2) is 0 Å². The minimum absolute atomic E-state index is 0.124. The first-order valence-electron chi connectivity index (χ1n) is 6.59. The Bertz CT molecular complexity index is 757. The third kappa shape index (κ3) is 2.67. The van der Waals surface area contributed by atoms with Gasteiger partial charge in [0.1, 0.15) is 11.6 Å². The number of hydrogen-bond donors (Lipinski definition) is 3. The highest BCUT2D eigenvalue weighted by Gasteiger charge is 2.24. The molecule has 7 nitrogen and oxygen atoms in total. The number of aromatic amines is 1. The van der Waals surface area contributed by atoms with Crippen molar-refractivity contribution in [2.75, 3.05) is 0 Å². The standard InChI is InChI=1S/C14H18N4O3/c1-7(2)10(12(15)19)17-13(20)9-6-18(3)14(21)11-8(9)4-5-16-11/h4-7,10,16H,1-3H3,(H2,15,19)(H,17,20)/t10-/m0/s1. The van der Waals surface area contributed by atoms with Crippen LogP contribution in [0.2, 0.25) is 0 Å². The zero-order valence-electron chi connectivity index (χ0n) is 12.1. The fourth-order valence-electron chi connectivity index (χ4n) is 2.24. The summed E-state index contributed by atoms with van der Waals surface area (Å²) in [6, 6.07) is 0.893. The van der Waals surface area contributed by atoms with Gasteiger partial charge in [-0.1, -0.05) is 13.8 Å². The minimum Gasteiger partial charge on any atom is -0.368 e. The van der Waals surface area contributed by atoms with E-state index in [0.29, 0.717) is 16.5 Å². The van der Waals surface area contributed by atoms with Gasteiger partial charge in [-0.05, 0) is 12.0 Å². The zero-order valence-corrected chi connectivity index (χ0v) is 12.1. The van der Waals surface area contributed by atoms with E-state index in [0.717, 1.165) is 0 Å². The van der Waals surface area contributed by atoms with Crippen LogP contribution in [0.25, 0.3) is 10.9 Å². The number of carbonyl (C=O) groups is 2. The molecule has 0 aliphatic heterocycles. The summed E-state index contributed by atoms with van der Waals surface area (Å²) in [6.07, 6.45) is 3.04. The van der Waals surface area contributed by atoms with Crippen LogP contribution < -0.4 is 16.6 Å². The number of nitrogens with zero attached hydrogens (tertiary/aromatic N) is 1. The molecule has 112 valence electrons. The number of fused-ring (bicyclic) bond motifs is 1. The third-order valence-electron chi connectivity index (χ3n) is 3.40. The van der Waals surface area contributed by atoms with Crippen molar-refractivity contribution in [1.82, 2.24) is 14.9 Å². The number of primary amides is 1. The van der Waals surface area contributed by atoms with E-state index in [2.05, 4.69) is 10.3 Å². The molecule has 0 saturated carbocycles. The Kier molecular flexibility index (Phi) is 3.84. The fourth-order valence-corrected chi connectivity index (χ4v) is 2.24. The van der Waals surface area contributed by atoms with Crippen LogP contribution in [0.5, 0.6) is 0 Å². The van der Waals surface area contributed by atoms with Crippen molar-refractivity contribution in [1.29, 1.82) is 0 Å². The van der Waals surface area contributed by atoms with E-state index in [1.165, 1.54) is 10.8 Å². The minimum atomic E-state index is -0.760. The molecule has 1 atom stereocenters. The van der Waals surface area contributed by atoms with Gasteiger partial charge >= 0.3 is 0 Å². The Morgan fingerprint density at radius 1 is 1.38 bits per heavy atom. The molecule has 0 aliphatic rings. The number of rotatable bonds is 4. The molecule has 0 aliphatic carbocycles. The molecule has 0 aromatic carbocycles. The monoisotopic (exact) mass is 290 g/mol. The number of pyridine rings is 1. The number of H-pyrrole nitrogens is 1. The lowest BCUT2D eigenvalue weighted by atomic mass is 10.0. The van der Waals surface area contributed by atoms with Crippen molar-refractivity contribution >= 4 is 22.7 Å². The summed E-state index contributed by atoms with van der Waals surface area (Å²) < 4.78 is 1.32. The van der Waals surface area contributed by atoms with Gasteiger partial charge in [0.05, 0.1) is 5.56 Å². The molecular formula is C14H18N4O3. The van der Waals surface area contributed by atoms with Gasteiger partial charge in [0.2, 0.25) is 5.91 Å². The molecule has 4 N–H and O–H groups in total. The summed E-state index contributed by atoms with van der Waals surface area (Å²) >= 11 is 0. The molecule has 2 aromatic heterocycles. The number of carbonyl (C=O) groups excluding carboxylic acids is 2. The second kappa shape index (κ2) is 5.43. The normalized spacial score (nSPS) is 12.6. The second-order valence-corrected chi connectivity index (χ2v) is 5.32. The van der Waals surface area contributed by atoms with E-state index in [1.807, 2.05) is 0 Å². The Balaban J connectivity index is 2.45. The maximum absolute atomic E-state index is 12.4. The van der Waals surface area contributed by atoms with Crippen molar-refractivity contribution in [3.63, 3.8) is 0 Å². The number of nitrogens with one attached hydrogen (secondary N) is 2. The van der Waals surface area contributed by atoms with Crippen LogP contribution in [0.1, 0.15) is 24.2 Å². The Morgan fingerprint density at radius 2 is 2.05 bits per heavy atom. The number of nitrogens with two attached hydrogens (primary N) is 1. The second-order valence-electron chi connectivity index (χ2n) is 5.32. The number of aryl methyl sites for hydroxylation is 1. The molecule has 21 heavy (non-hydrogen) atoms. The third-order valence-corrected chi connectivity index (χ3v) is 3.40. The van der Waals surface area contributed by atoms with E-state index in [4.69, 9.17) is 5.73 Å². The summed E-state index contributed by atoms with van der Waals surface area (Å²) in [6.45, 7) is 3.59. The molecule has 0 radical (unpaired) electrons. The van der Waals surface area contributed by atoms with Gasteiger partial charge in [0, 0.05) is 24.8 Å². The van der Waals surface area contributed by atoms with Crippen LogP contribution in [-0.4, -0.2) is 27.4 Å². The number of aromatic nitrogens is 2. The summed E-state index contributed by atoms with van der Waals surface area (Å²) in [5.74, 6) is -1.15. The van der Waals surface area contributed by atoms with Crippen LogP contribution in [-0.2, 0) is 11.8 Å². The molecule has 2 amide bonds. The van der Waals surface area contributed by atoms with Crippen LogP contribution in [0, 0.1) is 5.92 Å². The lowest BCUT2D eigenvalue weighted by Gasteiger charge is -2.19. The molecular weight excluding hydrogens is 272 g/mol. The largest absolute Gasteiger partial charge is 0.368 e. The number of amides is 2. The van der Waals surface area contributed by atoms with Gasteiger partial charge in [-0.3, -0.25) is 14.4 Å². The SMILES string of the molecule is CC(C)[C@H](NC(=O)c1cn(C)c(=O)c2[nH]ccc12)C(N)=O. The molecule has 2 rings (SSSR count). The molecule has 2 aromatic rings. The lowest BCUT2D eigenvalue weighted by molar-refractivity contribution is -0.120. The highest BCUT2D eigenvalue weighted by Crippen LogP contribution is 2.14. The van der Waals surface area contributed by atoms with Crippen molar-refractivity contribution in [2.24, 2.45) is 18.7 Å². The summed E-state index contributed by atoms with van der Waals surface area (Å²) in [5.41, 5.74) is 5.75. The van der Waals surface area contributed by atoms with Crippen molar-refractivity contribution < 1.29 is 9.59 Å². The molecule has 0 saturated heterocycles. The Morgan fingerprint density at radius 3 is 2.62 bits per heavy atom. The van der Waals surface area contributed by atoms with Gasteiger partial charge in [-0.2, -0.15) is 0 Å². The van der Waals surface area contributed by atoms with Crippen LogP contribution >= 0.6 is 0 Å². The first kappa shape index (κ1) is 14.8. The molecule has 0 fully saturated rings. The van der Waals surface area contributed by atoms with Crippen molar-refractivity contribution in [3.8, 4) is 0 Å². The first-order chi connectivity index (χ1) is 9.82. The van der Waals surface area contributed by atoms with Gasteiger partial charge in [-0.15, -0.1) is 0 Å². The van der Waals surface area contributed by atoms with Crippen LogP contribution in [0.3, 0.4) is 0 Å². The summed E-state index contributed by atoms with van der Waals surface area (Å²) in [7, 11) is 1.56. The van der Waals surface area contributed by atoms with Crippen LogP contribution in [0.15, 0.2) is 23.3 Å². The van der Waals surface area contributed by atoms with E-state index >= 15 is 0 Å². The molecule has 0 bridgehead atoms. The average Bonchev–Trinajstić information content (AvgIpc) is 2.88. The maximum atomic E-state index is 12.4. The van der Waals surface area contributed by atoms with Crippen LogP contribution in [0.4, 0.5) is 0 Å². The van der Waals surface area contributed by atoms with Crippen molar-refractivity contribution in [3.05, 3.63) is 34.4 Å². The van der Waals surface area contributed by atoms with Gasteiger partial charge in [0.25, 0.3) is 11.5 Å². The maximum Gasteiger partial charge on any atom is 0.274 e. The zero-order chi connectivity index (χ0) is 15.7. The highest BCUT2D eigenvalue weighted by molar-refractivity contribution is 6.07. The van der Waals surface area contributed by atoms with E-state index < -0.39 is 17.9 Å². The smallest absolute Gasteiger partial charge is 0.274 e. The predicted octanol–water partition coefficient (Wildman–Crippen LogP) is 0.106. The topological polar surface area (TPSA) is 110 Å². The molecule has 0 unspecified atom stereocenters. The van der Waals surface area contributed by atoms with E-state index in [-0.39, 0.29) is 11.5 Å². The van der Waals surface area contributed by atoms with Crippen molar-refractivity contribution in [2.45, 2.75) is 19.9 Å². The van der Waals surface area contributed by atoms with Gasteiger partial charge < -0.3 is 20.6 Å². The summed E-state index contributed by atoms with van der Waals surface area (Å²) in [4.78, 5) is 38.5. The predicted molar refractivity (Wildman–Crippen MR) is 78.8 cm³/mol. The lowest BCUT2D eigenvalue weighted by Crippen LogP contribution is -2.47. The quantitative estimate of drug-likeness (QED) is 0.743. The number of hydrogen-bond acceptors (Lipinski definition) is 3. The molecule has 7 heteroatoms. The fraction of sp³-hybridized carbons (Fsp3) is 0.357. The van der Waals surface area contributed by atoms with E-state index in [9.17, 15) is 14.4 Å². The Labute approximate surface area is 121 Å². The molecule has 0 spiro atoms. The highest BCUT2D eigenvalue weighted by atomic mass is 16.2. The average molecular weight is 290 g/mol. The van der Waals surface area contributed by atoms with E-state index in [1.54, 1.807) is 33.2 Å². The first-order valence-corrected chi connectivity index (χ1v) is 6.59. The molecule has 2 heterocycles.